The lowest BCUT2D eigenvalue weighted by atomic mass is 9.85. The fourth-order valence-electron chi connectivity index (χ4n) is 9.56. The largest absolute Gasteiger partial charge is 0.472 e. The van der Waals surface area contributed by atoms with Gasteiger partial charge in [0.25, 0.3) is 0 Å². The number of phosphoric ester groups is 1. The first-order valence-electron chi connectivity index (χ1n) is 28.5. The van der Waals surface area contributed by atoms with Crippen LogP contribution in [0.1, 0.15) is 284 Å². The van der Waals surface area contributed by atoms with E-state index < -0.39 is 63.2 Å². The number of aliphatic hydroxyl groups excluding tert-OH is 6. The van der Waals surface area contributed by atoms with Gasteiger partial charge in [-0.05, 0) is 12.8 Å². The first kappa shape index (κ1) is 64.4. The molecule has 0 aliphatic heterocycles. The van der Waals surface area contributed by atoms with Crippen LogP contribution in [0, 0.1) is 0 Å². The normalized spacial score (nSPS) is 21.6. The Hall–Kier alpha value is -0.660. The van der Waals surface area contributed by atoms with Gasteiger partial charge in [0, 0.05) is 6.42 Å². The van der Waals surface area contributed by atoms with E-state index in [9.17, 15) is 44.9 Å². The van der Waals surface area contributed by atoms with Crippen molar-refractivity contribution < 1.29 is 53.9 Å². The number of phosphoric acid groups is 1. The van der Waals surface area contributed by atoms with E-state index in [4.69, 9.17) is 9.05 Å². The molecule has 1 fully saturated rings. The zero-order valence-corrected chi connectivity index (χ0v) is 44.1. The molecule has 12 nitrogen and oxygen atoms in total. The second kappa shape index (κ2) is 44.1. The summed E-state index contributed by atoms with van der Waals surface area (Å²) in [5, 5.41) is 64.2. The van der Waals surface area contributed by atoms with Gasteiger partial charge in [-0.1, -0.05) is 264 Å². The number of nitrogens with one attached hydrogen (secondary N) is 1. The molecule has 13 heteroatoms. The summed E-state index contributed by atoms with van der Waals surface area (Å²) in [7, 11) is -5.05. The minimum Gasteiger partial charge on any atom is -0.391 e. The van der Waals surface area contributed by atoms with Gasteiger partial charge in [-0.3, -0.25) is 13.8 Å². The monoisotopic (exact) mass is 978 g/mol. The van der Waals surface area contributed by atoms with E-state index in [1.807, 2.05) is 0 Å². The summed E-state index contributed by atoms with van der Waals surface area (Å²) in [6.45, 7) is 3.89. The molecule has 6 unspecified atom stereocenters. The highest BCUT2D eigenvalue weighted by molar-refractivity contribution is 7.47. The molecule has 1 aliphatic rings. The highest BCUT2D eigenvalue weighted by Gasteiger charge is 2.51. The van der Waals surface area contributed by atoms with E-state index in [0.29, 0.717) is 19.3 Å². The van der Waals surface area contributed by atoms with Crippen molar-refractivity contribution in [3.63, 3.8) is 0 Å². The fraction of sp³-hybridized carbons (Fsp3) is 0.981. The molecule has 0 aromatic rings. The highest BCUT2D eigenvalue weighted by Crippen LogP contribution is 2.47. The summed E-state index contributed by atoms with van der Waals surface area (Å²) in [6, 6.07) is -1.02. The average molecular weight is 978 g/mol. The number of carbonyl (C=O) groups is 1. The van der Waals surface area contributed by atoms with Crippen molar-refractivity contribution in [2.24, 2.45) is 0 Å². The molecule has 0 aromatic carbocycles. The molecular formula is C54H108NO11P. The molecule has 1 rings (SSSR count). The maximum absolute atomic E-state index is 13.0. The van der Waals surface area contributed by atoms with Crippen molar-refractivity contribution in [3.05, 3.63) is 0 Å². The summed E-state index contributed by atoms with van der Waals surface area (Å²) in [5.74, 6) is -0.304. The molecule has 67 heavy (non-hydrogen) atoms. The van der Waals surface area contributed by atoms with Crippen LogP contribution in [-0.2, 0) is 18.4 Å². The minimum atomic E-state index is -5.05. The molecule has 8 N–H and O–H groups in total. The van der Waals surface area contributed by atoms with Crippen LogP contribution in [0.25, 0.3) is 0 Å². The Morgan fingerprint density at radius 2 is 0.716 bits per heavy atom. The number of aliphatic hydroxyl groups is 6. The zero-order valence-electron chi connectivity index (χ0n) is 43.2. The Labute approximate surface area is 410 Å². The van der Waals surface area contributed by atoms with Gasteiger partial charge in [-0.2, -0.15) is 0 Å². The number of hydrogen-bond acceptors (Lipinski definition) is 10. The van der Waals surface area contributed by atoms with Gasteiger partial charge >= 0.3 is 7.82 Å². The van der Waals surface area contributed by atoms with Gasteiger partial charge in [0.15, 0.2) is 0 Å². The van der Waals surface area contributed by atoms with E-state index in [0.717, 1.165) is 38.5 Å². The number of hydrogen-bond donors (Lipinski definition) is 8. The second-order valence-corrected chi connectivity index (χ2v) is 21.9. The van der Waals surface area contributed by atoms with Crippen molar-refractivity contribution in [2.45, 2.75) is 332 Å². The highest BCUT2D eigenvalue weighted by atomic mass is 31.2. The Bertz CT molecular complexity index is 1140. The molecule has 0 bridgehead atoms. The average Bonchev–Trinajstić information content (AvgIpc) is 3.31. The van der Waals surface area contributed by atoms with Crippen molar-refractivity contribution in [3.8, 4) is 0 Å². The Morgan fingerprint density at radius 3 is 1.03 bits per heavy atom. The van der Waals surface area contributed by atoms with E-state index >= 15 is 0 Å². The molecule has 1 amide bonds. The Balaban J connectivity index is 2.15. The lowest BCUT2D eigenvalue weighted by molar-refractivity contribution is -0.220. The van der Waals surface area contributed by atoms with Crippen LogP contribution in [-0.4, -0.2) is 96.8 Å². The minimum absolute atomic E-state index is 0.243. The smallest absolute Gasteiger partial charge is 0.391 e. The standard InChI is InChI=1S/C54H108NO11P/c1-3-5-7-9-11-13-14-15-16-17-18-19-20-21-22-23-24-25-26-27-28-29-30-31-32-33-34-36-38-40-42-44-48(57)55-46(47(56)43-41-39-37-35-12-10-8-6-4-2)45-65-67(63,64)66-54-52(61)50(59)49(58)51(60)53(54)62/h46-47,49-54,56,58-62H,3-45H2,1-2H3,(H,55,57)(H,63,64)/t46-,47+,49?,50+,51?,52?,53?,54?/m0/s1. The number of carbonyl (C=O) groups excluding carboxylic acids is 1. The van der Waals surface area contributed by atoms with Crippen LogP contribution in [0.2, 0.25) is 0 Å². The van der Waals surface area contributed by atoms with Gasteiger partial charge in [-0.15, -0.1) is 0 Å². The third-order valence-electron chi connectivity index (χ3n) is 14.2. The second-order valence-electron chi connectivity index (χ2n) is 20.5. The SMILES string of the molecule is CCCCCCCCCCCCCCCCCCCCCCCCCCCCCCCCCC(=O)N[C@@H](COP(=O)(O)OC1C(O)C(O)C(O)[C@@H](O)C1O)[C@H](O)CCCCCCCCCCC. The number of unbranched alkanes of at least 4 members (excludes halogenated alkanes) is 38. The van der Waals surface area contributed by atoms with Crippen LogP contribution >= 0.6 is 7.82 Å². The summed E-state index contributed by atoms with van der Waals surface area (Å²) in [4.78, 5) is 23.4. The van der Waals surface area contributed by atoms with Crippen molar-refractivity contribution in [1.82, 2.24) is 5.32 Å². The molecule has 0 saturated heterocycles. The topological polar surface area (TPSA) is 206 Å². The van der Waals surface area contributed by atoms with E-state index in [1.54, 1.807) is 0 Å². The van der Waals surface area contributed by atoms with Crippen molar-refractivity contribution in [1.29, 1.82) is 0 Å². The fourth-order valence-corrected chi connectivity index (χ4v) is 10.5. The van der Waals surface area contributed by atoms with Crippen molar-refractivity contribution in [2.75, 3.05) is 6.61 Å². The van der Waals surface area contributed by atoms with Gasteiger partial charge in [0.05, 0.1) is 18.8 Å². The quantitative estimate of drug-likeness (QED) is 0.0213. The lowest BCUT2D eigenvalue weighted by Crippen LogP contribution is -2.64. The molecule has 1 saturated carbocycles. The van der Waals surface area contributed by atoms with E-state index in [1.165, 1.54) is 205 Å². The van der Waals surface area contributed by atoms with Crippen LogP contribution in [0.15, 0.2) is 0 Å². The molecule has 0 spiro atoms. The molecule has 0 radical (unpaired) electrons. The predicted molar refractivity (Wildman–Crippen MR) is 274 cm³/mol. The lowest BCUT2D eigenvalue weighted by Gasteiger charge is -2.41. The van der Waals surface area contributed by atoms with Crippen LogP contribution in [0.5, 0.6) is 0 Å². The summed E-state index contributed by atoms with van der Waals surface area (Å²) < 4.78 is 23.0. The molecule has 1 aliphatic carbocycles. The third-order valence-corrected chi connectivity index (χ3v) is 15.2. The van der Waals surface area contributed by atoms with Gasteiger partial charge < -0.3 is 40.8 Å². The Kier molecular flexibility index (Phi) is 42.3. The molecule has 0 heterocycles. The Morgan fingerprint density at radius 1 is 0.448 bits per heavy atom. The predicted octanol–water partition coefficient (Wildman–Crippen LogP) is 12.6. The first-order valence-corrected chi connectivity index (χ1v) is 30.0. The molecule has 400 valence electrons. The zero-order chi connectivity index (χ0) is 49.2. The first-order chi connectivity index (χ1) is 32.4. The van der Waals surface area contributed by atoms with Crippen LogP contribution in [0.3, 0.4) is 0 Å². The number of rotatable bonds is 49. The van der Waals surface area contributed by atoms with Gasteiger partial charge in [-0.25, -0.2) is 4.57 Å². The van der Waals surface area contributed by atoms with Crippen molar-refractivity contribution >= 4 is 13.7 Å². The van der Waals surface area contributed by atoms with Gasteiger partial charge in [0.1, 0.15) is 36.6 Å². The van der Waals surface area contributed by atoms with Gasteiger partial charge in [0.2, 0.25) is 5.91 Å². The maximum atomic E-state index is 13.0. The summed E-state index contributed by atoms with van der Waals surface area (Å²) in [6.07, 6.45) is 39.1. The third kappa shape index (κ3) is 35.2. The van der Waals surface area contributed by atoms with Crippen LogP contribution in [0.4, 0.5) is 0 Å². The maximum Gasteiger partial charge on any atom is 0.472 e. The van der Waals surface area contributed by atoms with Crippen LogP contribution < -0.4 is 5.32 Å². The van der Waals surface area contributed by atoms with E-state index in [2.05, 4.69) is 19.2 Å². The van der Waals surface area contributed by atoms with E-state index in [-0.39, 0.29) is 12.3 Å². The molecule has 9 atom stereocenters. The molecule has 0 aromatic heterocycles. The molecular weight excluding hydrogens is 870 g/mol. The summed E-state index contributed by atoms with van der Waals surface area (Å²) >= 11 is 0. The number of amides is 1. The summed E-state index contributed by atoms with van der Waals surface area (Å²) in [5.41, 5.74) is 0.